The Morgan fingerprint density at radius 2 is 2.03 bits per heavy atom. The van der Waals surface area contributed by atoms with E-state index in [0.717, 1.165) is 5.75 Å². The van der Waals surface area contributed by atoms with Crippen LogP contribution in [0.3, 0.4) is 0 Å². The quantitative estimate of drug-likeness (QED) is 0.301. The molecule has 164 valence electrons. The molecule has 1 aromatic heterocycles. The third-order valence-corrected chi connectivity index (χ3v) is 6.10. The summed E-state index contributed by atoms with van der Waals surface area (Å²) in [5.41, 5.74) is 2.08. The zero-order chi connectivity index (χ0) is 22.8. The van der Waals surface area contributed by atoms with Gasteiger partial charge in [-0.1, -0.05) is 48.5 Å². The van der Waals surface area contributed by atoms with Crippen molar-refractivity contribution in [2.24, 2.45) is 4.99 Å². The first-order valence-corrected chi connectivity index (χ1v) is 11.2. The number of hydrogen-bond acceptors (Lipinski definition) is 7. The van der Waals surface area contributed by atoms with Crippen LogP contribution in [0.4, 0.5) is 5.69 Å². The molecule has 1 aliphatic heterocycles. The van der Waals surface area contributed by atoms with Crippen molar-refractivity contribution in [1.29, 1.82) is 0 Å². The Balaban J connectivity index is 2.03. The number of aliphatic carboxylic acids is 1. The molecule has 2 heterocycles. The van der Waals surface area contributed by atoms with E-state index >= 15 is 0 Å². The largest absolute Gasteiger partial charge is 0.481 e. The monoisotopic (exact) mass is 471 g/mol. The highest BCUT2D eigenvalue weighted by Crippen LogP contribution is 2.37. The number of thioether (sulfide) groups is 1. The summed E-state index contributed by atoms with van der Waals surface area (Å²) in [6.07, 6.45) is 0.0673. The number of carboxylic acid groups (broad SMARTS) is 1. The molecule has 4 rings (SSSR count). The Hall–Kier alpha value is -3.24. The van der Waals surface area contributed by atoms with Gasteiger partial charge in [-0.3, -0.25) is 24.5 Å². The Bertz CT molecular complexity index is 1240. The summed E-state index contributed by atoms with van der Waals surface area (Å²) in [5.74, 6) is 0.267. The van der Waals surface area contributed by atoms with Gasteiger partial charge in [-0.2, -0.15) is 0 Å². The van der Waals surface area contributed by atoms with Gasteiger partial charge in [0.15, 0.2) is 11.0 Å². The van der Waals surface area contributed by atoms with Crippen LogP contribution in [0.5, 0.6) is 0 Å². The van der Waals surface area contributed by atoms with Gasteiger partial charge in [0.2, 0.25) is 0 Å². The van der Waals surface area contributed by atoms with Crippen molar-refractivity contribution in [1.82, 2.24) is 14.8 Å². The number of hydrogen-bond donors (Lipinski definition) is 1. The van der Waals surface area contributed by atoms with E-state index in [2.05, 4.69) is 10.2 Å². The second-order valence-corrected chi connectivity index (χ2v) is 8.61. The van der Waals surface area contributed by atoms with Gasteiger partial charge in [0, 0.05) is 34.7 Å². The first-order valence-electron chi connectivity index (χ1n) is 9.82. The number of fused-ring (bicyclic) bond motifs is 3. The summed E-state index contributed by atoms with van der Waals surface area (Å²) in [7, 11) is 0. The fourth-order valence-corrected chi connectivity index (χ4v) is 4.48. The topological polar surface area (TPSA) is 124 Å². The molecule has 1 aliphatic rings. The van der Waals surface area contributed by atoms with Crippen molar-refractivity contribution < 1.29 is 14.8 Å². The molecule has 0 aliphatic carbocycles. The minimum absolute atomic E-state index is 0.0909. The fraction of sp³-hybridized carbons (Fsp3) is 0.238. The number of rotatable bonds is 7. The van der Waals surface area contributed by atoms with E-state index in [1.807, 2.05) is 11.5 Å². The number of non-ortho nitro benzene ring substituents is 1. The van der Waals surface area contributed by atoms with Crippen molar-refractivity contribution >= 4 is 40.7 Å². The first kappa shape index (κ1) is 22.0. The number of carboxylic acids is 1. The van der Waals surface area contributed by atoms with Crippen molar-refractivity contribution in [3.8, 4) is 5.69 Å². The average Bonchev–Trinajstić information content (AvgIpc) is 3.12. The predicted octanol–water partition coefficient (Wildman–Crippen LogP) is 4.70. The maximum atomic E-state index is 11.5. The molecule has 1 atom stereocenters. The molecule has 0 amide bonds. The molecule has 3 aromatic rings. The standard InChI is InChI=1S/C21H18ClN5O4S/c1-2-32-21-25-24-20-16(8-10-18(28)29)23-19(13-5-3-4-6-15(13)22)14-11-12(27(30)31)7-9-17(14)26(20)21/h3-7,9,11,16H,2,8,10H2,1H3,(H,28,29)/t16-/m0/s1. The smallest absolute Gasteiger partial charge is 0.303 e. The van der Waals surface area contributed by atoms with Crippen LogP contribution < -0.4 is 0 Å². The molecule has 0 spiro atoms. The van der Waals surface area contributed by atoms with Gasteiger partial charge in [0.05, 0.1) is 16.3 Å². The Kier molecular flexibility index (Phi) is 6.24. The van der Waals surface area contributed by atoms with Crippen molar-refractivity contribution in [3.05, 3.63) is 74.6 Å². The maximum Gasteiger partial charge on any atom is 0.303 e. The Morgan fingerprint density at radius 1 is 1.25 bits per heavy atom. The molecule has 32 heavy (non-hydrogen) atoms. The van der Waals surface area contributed by atoms with Crippen LogP contribution in [0.1, 0.15) is 42.8 Å². The van der Waals surface area contributed by atoms with Crippen LogP contribution in [0, 0.1) is 10.1 Å². The fourth-order valence-electron chi connectivity index (χ4n) is 3.57. The summed E-state index contributed by atoms with van der Waals surface area (Å²) >= 11 is 7.94. The van der Waals surface area contributed by atoms with E-state index in [9.17, 15) is 20.0 Å². The summed E-state index contributed by atoms with van der Waals surface area (Å²) in [6, 6.07) is 11.0. The summed E-state index contributed by atoms with van der Waals surface area (Å²) < 4.78 is 1.81. The lowest BCUT2D eigenvalue weighted by Gasteiger charge is -2.13. The van der Waals surface area contributed by atoms with E-state index in [-0.39, 0.29) is 18.5 Å². The van der Waals surface area contributed by atoms with E-state index in [1.165, 1.54) is 23.9 Å². The van der Waals surface area contributed by atoms with Crippen LogP contribution >= 0.6 is 23.4 Å². The van der Waals surface area contributed by atoms with Crippen LogP contribution in [0.15, 0.2) is 52.6 Å². The second kappa shape index (κ2) is 9.09. The molecule has 1 N–H and O–H groups in total. The minimum Gasteiger partial charge on any atom is -0.481 e. The number of benzene rings is 2. The molecule has 0 radical (unpaired) electrons. The molecule has 0 fully saturated rings. The second-order valence-electron chi connectivity index (χ2n) is 6.97. The first-order chi connectivity index (χ1) is 15.4. The van der Waals surface area contributed by atoms with Gasteiger partial charge in [0.25, 0.3) is 5.69 Å². The van der Waals surface area contributed by atoms with Gasteiger partial charge in [-0.05, 0) is 24.3 Å². The number of carbonyl (C=O) groups is 1. The van der Waals surface area contributed by atoms with Crippen LogP contribution in [-0.2, 0) is 4.79 Å². The molecule has 9 nitrogen and oxygen atoms in total. The van der Waals surface area contributed by atoms with Crippen LogP contribution in [-0.4, -0.2) is 42.2 Å². The summed E-state index contributed by atoms with van der Waals surface area (Å²) in [4.78, 5) is 27.2. The maximum absolute atomic E-state index is 11.5. The third-order valence-electron chi connectivity index (χ3n) is 4.96. The lowest BCUT2D eigenvalue weighted by molar-refractivity contribution is -0.384. The lowest BCUT2D eigenvalue weighted by atomic mass is 9.99. The molecule has 2 aromatic carbocycles. The van der Waals surface area contributed by atoms with Crippen molar-refractivity contribution in [2.45, 2.75) is 31.0 Å². The summed E-state index contributed by atoms with van der Waals surface area (Å²) in [5, 5.41) is 30.4. The molecule has 0 saturated heterocycles. The molecular weight excluding hydrogens is 454 g/mol. The van der Waals surface area contributed by atoms with E-state index in [0.29, 0.717) is 38.5 Å². The Labute approximate surface area is 192 Å². The molecule has 0 bridgehead atoms. The van der Waals surface area contributed by atoms with Crippen LogP contribution in [0.2, 0.25) is 5.02 Å². The van der Waals surface area contributed by atoms with E-state index < -0.39 is 16.9 Å². The minimum atomic E-state index is -0.953. The normalized spacial score (nSPS) is 14.8. The molecule has 11 heteroatoms. The summed E-state index contributed by atoms with van der Waals surface area (Å²) in [6.45, 7) is 1.98. The van der Waals surface area contributed by atoms with E-state index in [4.69, 9.17) is 16.6 Å². The van der Waals surface area contributed by atoms with Crippen molar-refractivity contribution in [2.75, 3.05) is 5.75 Å². The third kappa shape index (κ3) is 4.11. The molecule has 0 saturated carbocycles. The van der Waals surface area contributed by atoms with Gasteiger partial charge >= 0.3 is 5.97 Å². The highest BCUT2D eigenvalue weighted by molar-refractivity contribution is 7.99. The van der Waals surface area contributed by atoms with Gasteiger partial charge < -0.3 is 5.11 Å². The van der Waals surface area contributed by atoms with Gasteiger partial charge in [-0.25, -0.2) is 0 Å². The molecule has 0 unspecified atom stereocenters. The number of nitrogens with zero attached hydrogens (tertiary/aromatic N) is 5. The zero-order valence-electron chi connectivity index (χ0n) is 16.9. The lowest BCUT2D eigenvalue weighted by Crippen LogP contribution is -2.09. The highest BCUT2D eigenvalue weighted by Gasteiger charge is 2.31. The van der Waals surface area contributed by atoms with Crippen molar-refractivity contribution in [3.63, 3.8) is 0 Å². The number of halogens is 1. The Morgan fingerprint density at radius 3 is 2.72 bits per heavy atom. The average molecular weight is 472 g/mol. The SMILES string of the molecule is CCSc1nnc2n1-c1ccc([N+](=O)[O-])cc1C(c1ccccc1Cl)=N[C@H]2CCC(=O)O. The zero-order valence-corrected chi connectivity index (χ0v) is 18.5. The number of nitro groups is 1. The van der Waals surface area contributed by atoms with E-state index in [1.54, 1.807) is 30.3 Å². The predicted molar refractivity (Wildman–Crippen MR) is 121 cm³/mol. The number of aromatic nitrogens is 3. The van der Waals surface area contributed by atoms with Crippen LogP contribution in [0.25, 0.3) is 5.69 Å². The van der Waals surface area contributed by atoms with Gasteiger partial charge in [0.1, 0.15) is 6.04 Å². The number of nitro benzene ring substituents is 1. The highest BCUT2D eigenvalue weighted by atomic mass is 35.5. The molecular formula is C21H18ClN5O4S. The number of aliphatic imine (C=N–C) groups is 1. The van der Waals surface area contributed by atoms with Gasteiger partial charge in [-0.15, -0.1) is 10.2 Å².